The van der Waals surface area contributed by atoms with Gasteiger partial charge in [0.25, 0.3) is 0 Å². The van der Waals surface area contributed by atoms with Crippen molar-refractivity contribution in [1.29, 1.82) is 0 Å². The molecule has 0 spiro atoms. The first-order valence-corrected chi connectivity index (χ1v) is 6.24. The number of anilines is 1. The molecule has 1 unspecified atom stereocenters. The fraction of sp³-hybridized carbons (Fsp3) is 0.636. The summed E-state index contributed by atoms with van der Waals surface area (Å²) in [5.41, 5.74) is 0. The number of rotatable bonds is 4. The molecule has 0 bridgehead atoms. The first-order valence-electron chi connectivity index (χ1n) is 5.71. The predicted molar refractivity (Wildman–Crippen MR) is 65.9 cm³/mol. The zero-order valence-electron chi connectivity index (χ0n) is 9.80. The van der Waals surface area contributed by atoms with Crippen molar-refractivity contribution in [3.05, 3.63) is 12.4 Å². The van der Waals surface area contributed by atoms with E-state index in [1.807, 2.05) is 6.92 Å². The molecule has 1 aromatic heterocycles. The van der Waals surface area contributed by atoms with Gasteiger partial charge in [0, 0.05) is 13.1 Å². The molecule has 2 rings (SSSR count). The fourth-order valence-corrected chi connectivity index (χ4v) is 1.92. The van der Waals surface area contributed by atoms with Crippen molar-refractivity contribution in [2.45, 2.75) is 13.0 Å². The van der Waals surface area contributed by atoms with E-state index < -0.39 is 0 Å². The maximum atomic E-state index is 5.80. The number of hydrogen-bond acceptors (Lipinski definition) is 5. The average Bonchev–Trinajstić information content (AvgIpc) is 2.40. The second-order valence-corrected chi connectivity index (χ2v) is 4.05. The molecule has 0 radical (unpaired) electrons. The van der Waals surface area contributed by atoms with E-state index in [-0.39, 0.29) is 6.10 Å². The summed E-state index contributed by atoms with van der Waals surface area (Å²) in [6, 6.07) is 0. The predicted octanol–water partition coefficient (Wildman–Crippen LogP) is 1.32. The van der Waals surface area contributed by atoms with Crippen molar-refractivity contribution in [2.24, 2.45) is 0 Å². The Kier molecular flexibility index (Phi) is 4.39. The molecule has 94 valence electrons. The molecule has 5 nitrogen and oxygen atoms in total. The van der Waals surface area contributed by atoms with Gasteiger partial charge in [-0.05, 0) is 6.92 Å². The Balaban J connectivity index is 2.07. The Hall–Kier alpha value is -1.07. The van der Waals surface area contributed by atoms with Gasteiger partial charge in [-0.3, -0.25) is 4.98 Å². The summed E-state index contributed by atoms with van der Waals surface area (Å²) < 4.78 is 10.8. The number of aromatic nitrogens is 2. The summed E-state index contributed by atoms with van der Waals surface area (Å²) in [5, 5.41) is 0. The van der Waals surface area contributed by atoms with E-state index in [9.17, 15) is 0 Å². The van der Waals surface area contributed by atoms with Crippen LogP contribution in [-0.2, 0) is 4.74 Å². The summed E-state index contributed by atoms with van der Waals surface area (Å²) in [6.07, 6.45) is 3.41. The first kappa shape index (κ1) is 12.4. The van der Waals surface area contributed by atoms with Gasteiger partial charge in [-0.25, -0.2) is 0 Å². The number of ether oxygens (including phenoxy) is 2. The second kappa shape index (κ2) is 6.02. The Labute approximate surface area is 106 Å². The molecule has 0 N–H and O–H groups in total. The quantitative estimate of drug-likeness (QED) is 0.762. The van der Waals surface area contributed by atoms with Crippen LogP contribution in [0.3, 0.4) is 0 Å². The number of morpholine rings is 1. The van der Waals surface area contributed by atoms with Crippen LogP contribution in [-0.4, -0.2) is 48.3 Å². The minimum Gasteiger partial charge on any atom is -0.477 e. The number of nitrogens with zero attached hydrogens (tertiary/aromatic N) is 3. The average molecular weight is 258 g/mol. The molecule has 17 heavy (non-hydrogen) atoms. The van der Waals surface area contributed by atoms with E-state index in [0.29, 0.717) is 25.0 Å². The molecule has 1 atom stereocenters. The van der Waals surface area contributed by atoms with Crippen LogP contribution in [0.5, 0.6) is 5.88 Å². The molecule has 1 saturated heterocycles. The number of alkyl halides is 1. The summed E-state index contributed by atoms with van der Waals surface area (Å²) in [7, 11) is 0. The summed E-state index contributed by atoms with van der Waals surface area (Å²) in [5.74, 6) is 1.86. The molecule has 0 saturated carbocycles. The van der Waals surface area contributed by atoms with E-state index in [1.54, 1.807) is 12.4 Å². The molecule has 1 aliphatic heterocycles. The number of hydrogen-bond donors (Lipinski definition) is 0. The summed E-state index contributed by atoms with van der Waals surface area (Å²) >= 11 is 5.80. The lowest BCUT2D eigenvalue weighted by Crippen LogP contribution is -2.43. The highest BCUT2D eigenvalue weighted by molar-refractivity contribution is 6.18. The van der Waals surface area contributed by atoms with Crippen LogP contribution in [0, 0.1) is 0 Å². The minimum atomic E-state index is 0.0583. The molecular formula is C11H16ClN3O2. The van der Waals surface area contributed by atoms with Crippen molar-refractivity contribution < 1.29 is 9.47 Å². The van der Waals surface area contributed by atoms with E-state index in [2.05, 4.69) is 14.9 Å². The van der Waals surface area contributed by atoms with Crippen molar-refractivity contribution in [3.63, 3.8) is 0 Å². The monoisotopic (exact) mass is 257 g/mol. The van der Waals surface area contributed by atoms with Crippen LogP contribution >= 0.6 is 11.6 Å². The second-order valence-electron chi connectivity index (χ2n) is 3.74. The third-order valence-electron chi connectivity index (χ3n) is 2.53. The maximum absolute atomic E-state index is 5.80. The highest BCUT2D eigenvalue weighted by Crippen LogP contribution is 2.17. The molecular weight excluding hydrogens is 242 g/mol. The summed E-state index contributed by atoms with van der Waals surface area (Å²) in [6.45, 7) is 4.72. The van der Waals surface area contributed by atoms with E-state index >= 15 is 0 Å². The molecule has 1 fully saturated rings. The lowest BCUT2D eigenvalue weighted by atomic mass is 10.3. The van der Waals surface area contributed by atoms with Gasteiger partial charge in [0.1, 0.15) is 0 Å². The van der Waals surface area contributed by atoms with Gasteiger partial charge in [-0.1, -0.05) is 0 Å². The van der Waals surface area contributed by atoms with Gasteiger partial charge in [0.2, 0.25) is 5.88 Å². The fourth-order valence-electron chi connectivity index (χ4n) is 1.73. The smallest absolute Gasteiger partial charge is 0.234 e. The van der Waals surface area contributed by atoms with Crippen LogP contribution in [0.2, 0.25) is 0 Å². The molecule has 1 aliphatic rings. The SMILES string of the molecule is CCOc1cncc(N2CCOC(CCl)C2)n1. The lowest BCUT2D eigenvalue weighted by Gasteiger charge is -2.32. The highest BCUT2D eigenvalue weighted by Gasteiger charge is 2.21. The van der Waals surface area contributed by atoms with Gasteiger partial charge in [-0.15, -0.1) is 11.6 Å². The topological polar surface area (TPSA) is 47.5 Å². The van der Waals surface area contributed by atoms with Gasteiger partial charge in [0.05, 0.1) is 37.6 Å². The molecule has 6 heteroatoms. The van der Waals surface area contributed by atoms with Gasteiger partial charge >= 0.3 is 0 Å². The van der Waals surface area contributed by atoms with Crippen LogP contribution in [0.1, 0.15) is 6.92 Å². The van der Waals surface area contributed by atoms with Crippen molar-refractivity contribution in [3.8, 4) is 5.88 Å². The Morgan fingerprint density at radius 2 is 2.47 bits per heavy atom. The van der Waals surface area contributed by atoms with Crippen molar-refractivity contribution in [2.75, 3.05) is 37.1 Å². The molecule has 0 aliphatic carbocycles. The van der Waals surface area contributed by atoms with Crippen molar-refractivity contribution >= 4 is 17.4 Å². The van der Waals surface area contributed by atoms with Crippen molar-refractivity contribution in [1.82, 2.24) is 9.97 Å². The minimum absolute atomic E-state index is 0.0583. The standard InChI is InChI=1S/C11H16ClN3O2/c1-2-16-11-7-13-6-10(14-11)15-3-4-17-9(5-12)8-15/h6-7,9H,2-5,8H2,1H3. The maximum Gasteiger partial charge on any atom is 0.234 e. The zero-order valence-corrected chi connectivity index (χ0v) is 10.6. The third kappa shape index (κ3) is 3.20. The van der Waals surface area contributed by atoms with E-state index in [4.69, 9.17) is 21.1 Å². The van der Waals surface area contributed by atoms with E-state index in [1.165, 1.54) is 0 Å². The number of halogens is 1. The van der Waals surface area contributed by atoms with Crippen LogP contribution < -0.4 is 9.64 Å². The van der Waals surface area contributed by atoms with Gasteiger partial charge in [0.15, 0.2) is 5.82 Å². The Morgan fingerprint density at radius 1 is 1.59 bits per heavy atom. The van der Waals surface area contributed by atoms with Crippen LogP contribution in [0.25, 0.3) is 0 Å². The largest absolute Gasteiger partial charge is 0.477 e. The Morgan fingerprint density at radius 3 is 3.24 bits per heavy atom. The molecule has 0 aromatic carbocycles. The summed E-state index contributed by atoms with van der Waals surface area (Å²) in [4.78, 5) is 10.6. The third-order valence-corrected chi connectivity index (χ3v) is 2.87. The van der Waals surface area contributed by atoms with Crippen LogP contribution in [0.4, 0.5) is 5.82 Å². The first-order chi connectivity index (χ1) is 8.33. The Bertz CT molecular complexity index is 364. The highest BCUT2D eigenvalue weighted by atomic mass is 35.5. The lowest BCUT2D eigenvalue weighted by molar-refractivity contribution is 0.0551. The molecule has 2 heterocycles. The van der Waals surface area contributed by atoms with Gasteiger partial charge < -0.3 is 14.4 Å². The zero-order chi connectivity index (χ0) is 12.1. The normalized spacial score (nSPS) is 20.4. The molecule has 1 aromatic rings. The van der Waals surface area contributed by atoms with Crippen LogP contribution in [0.15, 0.2) is 12.4 Å². The van der Waals surface area contributed by atoms with Gasteiger partial charge in [-0.2, -0.15) is 4.98 Å². The van der Waals surface area contributed by atoms with E-state index in [0.717, 1.165) is 18.9 Å². The molecule has 0 amide bonds.